The highest BCUT2D eigenvalue weighted by Crippen LogP contribution is 2.78. The van der Waals surface area contributed by atoms with Crippen molar-refractivity contribution in [2.45, 2.75) is 68.8 Å². The van der Waals surface area contributed by atoms with Crippen LogP contribution in [0, 0.1) is 10.8 Å². The number of hydrogen-bond donors (Lipinski definition) is 1. The Morgan fingerprint density at radius 1 is 1.16 bits per heavy atom. The molecule has 1 N–H and O–H groups in total. The number of nitrogens with zero attached hydrogens (tertiary/aromatic N) is 1. The molecule has 3 aromatic rings. The van der Waals surface area contributed by atoms with E-state index in [0.29, 0.717) is 19.3 Å². The first-order valence-electron chi connectivity index (χ1n) is 13.7. The molecule has 2 aromatic carbocycles. The van der Waals surface area contributed by atoms with Crippen LogP contribution in [0.5, 0.6) is 11.5 Å². The van der Waals surface area contributed by atoms with E-state index in [1.807, 2.05) is 24.5 Å². The Kier molecular flexibility index (Phi) is 4.50. The molecule has 3 heterocycles. The van der Waals surface area contributed by atoms with Gasteiger partial charge in [-0.1, -0.05) is 31.2 Å². The minimum absolute atomic E-state index is 0.0900. The van der Waals surface area contributed by atoms with Crippen LogP contribution in [0.2, 0.25) is 0 Å². The first-order valence-corrected chi connectivity index (χ1v) is 14.5. The maximum atomic E-state index is 11.0. The van der Waals surface area contributed by atoms with Gasteiger partial charge in [-0.15, -0.1) is 11.3 Å². The van der Waals surface area contributed by atoms with Gasteiger partial charge in [0.25, 0.3) is 0 Å². The van der Waals surface area contributed by atoms with Crippen LogP contribution < -0.4 is 4.74 Å². The summed E-state index contributed by atoms with van der Waals surface area (Å²) in [4.78, 5) is 3.87. The smallest absolute Gasteiger partial charge is 0.165 e. The molecule has 4 fully saturated rings. The quantitative estimate of drug-likeness (QED) is 0.474. The Morgan fingerprint density at radius 3 is 2.86 bits per heavy atom. The van der Waals surface area contributed by atoms with Crippen LogP contribution in [0.25, 0.3) is 10.1 Å². The van der Waals surface area contributed by atoms with E-state index in [9.17, 15) is 5.11 Å². The number of likely N-dealkylation sites (N-methyl/N-ethyl adjacent to an activating group) is 1. The molecule has 6 heteroatoms. The highest BCUT2D eigenvalue weighted by Gasteiger charge is 2.82. The number of phenolic OH excluding ortho intramolecular Hbond substituents is 1. The predicted molar refractivity (Wildman–Crippen MR) is 145 cm³/mol. The van der Waals surface area contributed by atoms with Gasteiger partial charge in [0.15, 0.2) is 11.5 Å². The molecule has 0 amide bonds. The number of ether oxygens (including phenoxy) is 3. The lowest BCUT2D eigenvalue weighted by molar-refractivity contribution is -0.313. The lowest BCUT2D eigenvalue weighted by atomic mass is 9.32. The molecule has 9 rings (SSSR count). The molecular formula is C31H35NO4S. The lowest BCUT2D eigenvalue weighted by Gasteiger charge is -2.76. The van der Waals surface area contributed by atoms with Crippen LogP contribution in [-0.4, -0.2) is 55.1 Å². The SMILES string of the molecule is COC12CC[C@@]3(C[C@]1(C)COCc1cc4ccccc4s1)[C@H]1Cc4ccc(O)c5c4[C@@]3(CCN1C)[C@H]2O5. The molecule has 1 aromatic heterocycles. The van der Waals surface area contributed by atoms with Gasteiger partial charge in [0, 0.05) is 44.5 Å². The van der Waals surface area contributed by atoms with Crippen molar-refractivity contribution in [2.24, 2.45) is 10.8 Å². The van der Waals surface area contributed by atoms with Crippen LogP contribution in [-0.2, 0) is 27.9 Å². The maximum Gasteiger partial charge on any atom is 0.165 e. The number of rotatable bonds is 5. The zero-order valence-electron chi connectivity index (χ0n) is 21.9. The number of phenols is 1. The van der Waals surface area contributed by atoms with Crippen molar-refractivity contribution in [2.75, 3.05) is 27.3 Å². The molecule has 1 unspecified atom stereocenters. The first-order chi connectivity index (χ1) is 17.9. The Morgan fingerprint density at radius 2 is 2.03 bits per heavy atom. The molecule has 6 atom stereocenters. The van der Waals surface area contributed by atoms with E-state index in [2.05, 4.69) is 55.3 Å². The normalized spacial score (nSPS) is 39.1. The van der Waals surface area contributed by atoms with Gasteiger partial charge >= 0.3 is 0 Å². The van der Waals surface area contributed by atoms with Crippen LogP contribution in [0.4, 0.5) is 0 Å². The number of fused-ring (bicyclic) bond motifs is 3. The summed E-state index contributed by atoms with van der Waals surface area (Å²) in [5.41, 5.74) is 1.99. The molecule has 3 saturated carbocycles. The summed E-state index contributed by atoms with van der Waals surface area (Å²) < 4.78 is 21.5. The molecule has 5 nitrogen and oxygen atoms in total. The van der Waals surface area contributed by atoms with E-state index in [1.165, 1.54) is 26.1 Å². The Bertz CT molecular complexity index is 1400. The average molecular weight is 518 g/mol. The summed E-state index contributed by atoms with van der Waals surface area (Å²) in [6, 6.07) is 15.3. The van der Waals surface area contributed by atoms with Crippen LogP contribution in [0.3, 0.4) is 0 Å². The van der Waals surface area contributed by atoms with Gasteiger partial charge in [-0.25, -0.2) is 0 Å². The van der Waals surface area contributed by atoms with Crippen LogP contribution in [0.15, 0.2) is 42.5 Å². The molecule has 37 heavy (non-hydrogen) atoms. The largest absolute Gasteiger partial charge is 0.504 e. The summed E-state index contributed by atoms with van der Waals surface area (Å²) in [5, 5.41) is 12.3. The second kappa shape index (κ2) is 7.29. The van der Waals surface area contributed by atoms with E-state index < -0.39 is 5.60 Å². The van der Waals surface area contributed by atoms with Crippen molar-refractivity contribution >= 4 is 21.4 Å². The Balaban J connectivity index is 1.21. The van der Waals surface area contributed by atoms with E-state index in [0.717, 1.165) is 44.4 Å². The summed E-state index contributed by atoms with van der Waals surface area (Å²) in [6.07, 6.45) is 5.13. The summed E-state index contributed by atoms with van der Waals surface area (Å²) in [6.45, 7) is 4.69. The standard InChI is InChI=1S/C31H35NO4S/c1-28(18-35-16-21-14-19-6-4-5-7-23(19)37-21)17-29-10-11-31(28,34-3)27-30(29)12-13-32(2)24(29)15-20-8-9-22(33)26(36-27)25(20)30/h4-9,14,24,27,33H,10-13,15-18H2,1-3H3/t24-,27-,28-,29-,30+,31?/m1/s1. The number of hydrogen-bond acceptors (Lipinski definition) is 6. The highest BCUT2D eigenvalue weighted by molar-refractivity contribution is 7.19. The fourth-order valence-corrected chi connectivity index (χ4v) is 10.9. The molecule has 2 aliphatic heterocycles. The zero-order chi connectivity index (χ0) is 25.2. The minimum Gasteiger partial charge on any atom is -0.504 e. The van der Waals surface area contributed by atoms with Crippen molar-refractivity contribution in [3.05, 3.63) is 58.5 Å². The highest BCUT2D eigenvalue weighted by atomic mass is 32.1. The number of piperidine rings is 1. The minimum atomic E-state index is -0.463. The molecule has 1 saturated heterocycles. The summed E-state index contributed by atoms with van der Waals surface area (Å²) in [7, 11) is 4.19. The topological polar surface area (TPSA) is 51.2 Å². The van der Waals surface area contributed by atoms with Crippen molar-refractivity contribution < 1.29 is 19.3 Å². The van der Waals surface area contributed by atoms with Gasteiger partial charge in [0.1, 0.15) is 11.7 Å². The van der Waals surface area contributed by atoms with Gasteiger partial charge in [-0.3, -0.25) is 0 Å². The van der Waals surface area contributed by atoms with Crippen molar-refractivity contribution in [3.8, 4) is 11.5 Å². The lowest BCUT2D eigenvalue weighted by Crippen LogP contribution is -2.83. The summed E-state index contributed by atoms with van der Waals surface area (Å²) >= 11 is 1.82. The van der Waals surface area contributed by atoms with Gasteiger partial charge in [-0.2, -0.15) is 0 Å². The third kappa shape index (κ3) is 2.52. The molecular weight excluding hydrogens is 482 g/mol. The number of likely N-dealkylation sites (tertiary alicyclic amines) is 1. The van der Waals surface area contributed by atoms with Crippen molar-refractivity contribution in [1.29, 1.82) is 0 Å². The number of aromatic hydroxyl groups is 1. The molecule has 4 aliphatic carbocycles. The van der Waals surface area contributed by atoms with E-state index in [4.69, 9.17) is 14.2 Å². The Hall–Kier alpha value is -2.12. The fraction of sp³-hybridized carbons (Fsp3) is 0.548. The first kappa shape index (κ1) is 22.8. The van der Waals surface area contributed by atoms with Crippen LogP contribution in [0.1, 0.15) is 48.6 Å². The van der Waals surface area contributed by atoms with E-state index in [-0.39, 0.29) is 28.1 Å². The average Bonchev–Trinajstić information content (AvgIpc) is 3.47. The molecule has 194 valence electrons. The third-order valence-electron chi connectivity index (χ3n) is 11.3. The molecule has 4 bridgehead atoms. The summed E-state index contributed by atoms with van der Waals surface area (Å²) in [5.74, 6) is 1.01. The predicted octanol–water partition coefficient (Wildman–Crippen LogP) is 5.66. The zero-order valence-corrected chi connectivity index (χ0v) is 22.7. The van der Waals surface area contributed by atoms with Gasteiger partial charge in [0.2, 0.25) is 0 Å². The number of benzene rings is 2. The van der Waals surface area contributed by atoms with E-state index in [1.54, 1.807) is 0 Å². The Labute approximate surface area is 222 Å². The van der Waals surface area contributed by atoms with Crippen LogP contribution >= 0.6 is 11.3 Å². The van der Waals surface area contributed by atoms with Crippen molar-refractivity contribution in [1.82, 2.24) is 4.90 Å². The number of thiophene rings is 1. The van der Waals surface area contributed by atoms with Gasteiger partial charge < -0.3 is 24.2 Å². The molecule has 2 spiro atoms. The molecule has 6 aliphatic rings. The van der Waals surface area contributed by atoms with E-state index >= 15 is 0 Å². The van der Waals surface area contributed by atoms with Gasteiger partial charge in [-0.05, 0) is 74.8 Å². The molecule has 0 radical (unpaired) electrons. The second-order valence-electron chi connectivity index (χ2n) is 12.6. The van der Waals surface area contributed by atoms with Gasteiger partial charge in [0.05, 0.1) is 13.2 Å². The monoisotopic (exact) mass is 517 g/mol. The fourth-order valence-electron chi connectivity index (χ4n) is 9.91. The second-order valence-corrected chi connectivity index (χ2v) is 13.8. The number of methoxy groups -OCH3 is 1. The third-order valence-corrected chi connectivity index (χ3v) is 12.4. The maximum absolute atomic E-state index is 11.0. The van der Waals surface area contributed by atoms with Crippen molar-refractivity contribution in [3.63, 3.8) is 0 Å².